The summed E-state index contributed by atoms with van der Waals surface area (Å²) in [5.41, 5.74) is 1.12. The Kier molecular flexibility index (Phi) is 3.69. The number of carboxylic acids is 1. The Morgan fingerprint density at radius 1 is 1.58 bits per heavy atom. The van der Waals surface area contributed by atoms with Crippen LogP contribution in [-0.4, -0.2) is 29.7 Å². The van der Waals surface area contributed by atoms with Crippen LogP contribution in [0.2, 0.25) is 0 Å². The van der Waals surface area contributed by atoms with Gasteiger partial charge in [-0.05, 0) is 18.6 Å². The first-order valence-electron chi connectivity index (χ1n) is 5.21. The lowest BCUT2D eigenvalue weighted by molar-refractivity contribution is 0.0701. The maximum Gasteiger partial charge on any atom is 0.346 e. The third-order valence-corrected chi connectivity index (χ3v) is 5.48. The highest BCUT2D eigenvalue weighted by molar-refractivity contribution is 7.91. The van der Waals surface area contributed by atoms with Gasteiger partial charge in [-0.1, -0.05) is 0 Å². The van der Waals surface area contributed by atoms with Crippen molar-refractivity contribution in [1.82, 2.24) is 14.9 Å². The number of aromatic carboxylic acids is 1. The van der Waals surface area contributed by atoms with Crippen LogP contribution in [0.25, 0.3) is 0 Å². The molecule has 0 spiro atoms. The van der Waals surface area contributed by atoms with E-state index in [2.05, 4.69) is 14.9 Å². The normalized spacial score (nSPS) is 11.6. The molecule has 3 N–H and O–H groups in total. The lowest BCUT2D eigenvalue weighted by Crippen LogP contribution is -2.22. The quantitative estimate of drug-likeness (QED) is 0.761. The highest BCUT2D eigenvalue weighted by Gasteiger charge is 2.21. The summed E-state index contributed by atoms with van der Waals surface area (Å²) in [4.78, 5) is 10.9. The van der Waals surface area contributed by atoms with Gasteiger partial charge in [0.2, 0.25) is 10.0 Å². The maximum atomic E-state index is 12.0. The zero-order valence-corrected chi connectivity index (χ0v) is 11.5. The van der Waals surface area contributed by atoms with Crippen LogP contribution in [0.4, 0.5) is 0 Å². The van der Waals surface area contributed by atoms with Crippen LogP contribution in [0.3, 0.4) is 0 Å². The van der Waals surface area contributed by atoms with Crippen molar-refractivity contribution in [3.05, 3.63) is 34.5 Å². The van der Waals surface area contributed by atoms with Gasteiger partial charge in [0.1, 0.15) is 9.09 Å². The molecule has 7 nitrogen and oxygen atoms in total. The zero-order valence-electron chi connectivity index (χ0n) is 9.87. The maximum absolute atomic E-state index is 12.0. The number of hydrogen-bond acceptors (Lipinski definition) is 5. The van der Waals surface area contributed by atoms with E-state index in [0.717, 1.165) is 11.3 Å². The van der Waals surface area contributed by atoms with Crippen LogP contribution < -0.4 is 4.72 Å². The van der Waals surface area contributed by atoms with Crippen LogP contribution in [0.5, 0.6) is 0 Å². The lowest BCUT2D eigenvalue weighted by atomic mass is 10.3. The average molecular weight is 301 g/mol. The van der Waals surface area contributed by atoms with Crippen LogP contribution in [0.1, 0.15) is 20.8 Å². The Labute approximate surface area is 113 Å². The SMILES string of the molecule is Cc1cc(S(=O)(=O)NCc2cn[nH]c2)sc1C(=O)O. The second kappa shape index (κ2) is 5.11. The summed E-state index contributed by atoms with van der Waals surface area (Å²) >= 11 is 0.738. The third-order valence-electron chi connectivity index (χ3n) is 2.38. The van der Waals surface area contributed by atoms with Crippen molar-refractivity contribution in [2.24, 2.45) is 0 Å². The Morgan fingerprint density at radius 2 is 2.32 bits per heavy atom. The number of nitrogens with one attached hydrogen (secondary N) is 2. The van der Waals surface area contributed by atoms with Crippen molar-refractivity contribution in [2.75, 3.05) is 0 Å². The van der Waals surface area contributed by atoms with Gasteiger partial charge in [-0.2, -0.15) is 5.10 Å². The largest absolute Gasteiger partial charge is 0.477 e. The van der Waals surface area contributed by atoms with Gasteiger partial charge in [0, 0.05) is 18.3 Å². The molecule has 0 saturated heterocycles. The van der Waals surface area contributed by atoms with Gasteiger partial charge < -0.3 is 5.11 Å². The molecule has 0 aliphatic rings. The summed E-state index contributed by atoms with van der Waals surface area (Å²) in [6.45, 7) is 1.66. The standard InChI is InChI=1S/C10H11N3O4S2/c1-6-2-8(18-9(6)10(14)15)19(16,17)13-5-7-3-11-12-4-7/h2-4,13H,5H2,1H3,(H,11,12)(H,14,15). The van der Waals surface area contributed by atoms with Crippen molar-refractivity contribution < 1.29 is 18.3 Å². The number of carbonyl (C=O) groups is 1. The van der Waals surface area contributed by atoms with Crippen LogP contribution in [0, 0.1) is 6.92 Å². The molecule has 2 heterocycles. The van der Waals surface area contributed by atoms with E-state index in [1.54, 1.807) is 13.1 Å². The van der Waals surface area contributed by atoms with Gasteiger partial charge in [0.25, 0.3) is 0 Å². The molecule has 19 heavy (non-hydrogen) atoms. The number of aromatic amines is 1. The number of sulfonamides is 1. The Hall–Kier alpha value is -1.71. The second-order valence-corrected chi connectivity index (χ2v) is 6.86. The van der Waals surface area contributed by atoms with Crippen molar-refractivity contribution in [2.45, 2.75) is 17.7 Å². The molecule has 0 unspecified atom stereocenters. The molecule has 2 rings (SSSR count). The Morgan fingerprint density at radius 3 is 2.84 bits per heavy atom. The van der Waals surface area contributed by atoms with Crippen LogP contribution in [0.15, 0.2) is 22.7 Å². The summed E-state index contributed by atoms with van der Waals surface area (Å²) in [5, 5.41) is 15.2. The molecule has 0 aliphatic heterocycles. The van der Waals surface area contributed by atoms with Gasteiger partial charge in [0.05, 0.1) is 6.20 Å². The number of thiophene rings is 1. The number of nitrogens with zero attached hydrogens (tertiary/aromatic N) is 1. The molecular formula is C10H11N3O4S2. The summed E-state index contributed by atoms with van der Waals surface area (Å²) < 4.78 is 26.4. The highest BCUT2D eigenvalue weighted by Crippen LogP contribution is 2.25. The van der Waals surface area contributed by atoms with Crippen LogP contribution in [-0.2, 0) is 16.6 Å². The summed E-state index contributed by atoms with van der Waals surface area (Å²) in [7, 11) is -3.71. The number of aromatic nitrogens is 2. The van der Waals surface area contributed by atoms with Gasteiger partial charge in [0.15, 0.2) is 0 Å². The predicted molar refractivity (Wildman–Crippen MR) is 68.6 cm³/mol. The molecule has 102 valence electrons. The molecule has 9 heteroatoms. The molecule has 0 aromatic carbocycles. The fraction of sp³-hybridized carbons (Fsp3) is 0.200. The lowest BCUT2D eigenvalue weighted by Gasteiger charge is -2.02. The molecule has 0 amide bonds. The zero-order chi connectivity index (χ0) is 14.0. The minimum absolute atomic E-state index is 0.00843. The van der Waals surface area contributed by atoms with E-state index in [9.17, 15) is 13.2 Å². The number of hydrogen-bond donors (Lipinski definition) is 3. The Balaban J connectivity index is 2.20. The molecule has 0 radical (unpaired) electrons. The van der Waals surface area contributed by atoms with E-state index in [1.165, 1.54) is 12.3 Å². The minimum atomic E-state index is -3.71. The fourth-order valence-corrected chi connectivity index (χ4v) is 3.86. The first kappa shape index (κ1) is 13.7. The fourth-order valence-electron chi connectivity index (χ4n) is 1.42. The highest BCUT2D eigenvalue weighted by atomic mass is 32.2. The van der Waals surface area contributed by atoms with Gasteiger partial charge in [-0.15, -0.1) is 11.3 Å². The van der Waals surface area contributed by atoms with Crippen molar-refractivity contribution >= 4 is 27.3 Å². The van der Waals surface area contributed by atoms with E-state index >= 15 is 0 Å². The topological polar surface area (TPSA) is 112 Å². The number of aryl methyl sites for hydroxylation is 1. The van der Waals surface area contributed by atoms with E-state index in [0.29, 0.717) is 11.1 Å². The van der Waals surface area contributed by atoms with Crippen molar-refractivity contribution in [3.63, 3.8) is 0 Å². The molecule has 0 saturated carbocycles. The Bertz CT molecular complexity index is 688. The number of carboxylic acid groups (broad SMARTS) is 1. The van der Waals surface area contributed by atoms with E-state index < -0.39 is 16.0 Å². The number of H-pyrrole nitrogens is 1. The third kappa shape index (κ3) is 3.00. The second-order valence-electron chi connectivity index (χ2n) is 3.81. The van der Waals surface area contributed by atoms with Gasteiger partial charge >= 0.3 is 5.97 Å². The molecule has 0 atom stereocenters. The van der Waals surface area contributed by atoms with E-state index in [-0.39, 0.29) is 15.6 Å². The summed E-state index contributed by atoms with van der Waals surface area (Å²) in [6.07, 6.45) is 3.08. The minimum Gasteiger partial charge on any atom is -0.477 e. The molecule has 0 bridgehead atoms. The first-order valence-corrected chi connectivity index (χ1v) is 7.51. The molecule has 0 aliphatic carbocycles. The summed E-state index contributed by atoms with van der Waals surface area (Å²) in [6, 6.07) is 1.35. The molecule has 0 fully saturated rings. The van der Waals surface area contributed by atoms with Crippen molar-refractivity contribution in [3.8, 4) is 0 Å². The smallest absolute Gasteiger partial charge is 0.346 e. The molecule has 2 aromatic heterocycles. The molecular weight excluding hydrogens is 290 g/mol. The first-order chi connectivity index (χ1) is 8.90. The average Bonchev–Trinajstić information content (AvgIpc) is 2.95. The van der Waals surface area contributed by atoms with Gasteiger partial charge in [-0.25, -0.2) is 17.9 Å². The van der Waals surface area contributed by atoms with E-state index in [1.807, 2.05) is 0 Å². The number of rotatable bonds is 5. The molecule has 2 aromatic rings. The predicted octanol–water partition coefficient (Wildman–Crippen LogP) is 0.956. The van der Waals surface area contributed by atoms with Crippen molar-refractivity contribution in [1.29, 1.82) is 0 Å². The summed E-state index contributed by atoms with van der Waals surface area (Å²) in [5.74, 6) is -1.13. The van der Waals surface area contributed by atoms with Crippen LogP contribution >= 0.6 is 11.3 Å². The van der Waals surface area contributed by atoms with Gasteiger partial charge in [-0.3, -0.25) is 5.10 Å². The van der Waals surface area contributed by atoms with E-state index in [4.69, 9.17) is 5.11 Å². The monoisotopic (exact) mass is 301 g/mol.